The molecule has 0 saturated heterocycles. The van der Waals surface area contributed by atoms with Crippen LogP contribution in [-0.2, 0) is 0 Å². The van der Waals surface area contributed by atoms with Gasteiger partial charge in [0.25, 0.3) is 0 Å². The minimum atomic E-state index is 1.03. The van der Waals surface area contributed by atoms with Gasteiger partial charge in [-0.1, -0.05) is 38.5 Å². The van der Waals surface area contributed by atoms with E-state index in [0.29, 0.717) is 0 Å². The van der Waals surface area contributed by atoms with Gasteiger partial charge in [-0.05, 0) is 18.3 Å². The summed E-state index contributed by atoms with van der Waals surface area (Å²) < 4.78 is 0. The standard InChI is InChI=1S/C9H15/c1-3-8-5-2-6-9(4-1)7-8/h7-9H,1-6H2. The van der Waals surface area contributed by atoms with E-state index in [2.05, 4.69) is 6.42 Å². The highest BCUT2D eigenvalue weighted by Gasteiger charge is 2.25. The smallest absolute Gasteiger partial charge is 0.0324 e. The summed E-state index contributed by atoms with van der Waals surface area (Å²) in [6.45, 7) is 0. The van der Waals surface area contributed by atoms with E-state index >= 15 is 0 Å². The Morgan fingerprint density at radius 2 is 1.22 bits per heavy atom. The van der Waals surface area contributed by atoms with Gasteiger partial charge < -0.3 is 0 Å². The zero-order valence-electron chi connectivity index (χ0n) is 5.97. The molecule has 0 nitrogen and oxygen atoms in total. The van der Waals surface area contributed by atoms with Crippen LogP contribution in [0.5, 0.6) is 0 Å². The van der Waals surface area contributed by atoms with Crippen molar-refractivity contribution in [2.45, 2.75) is 38.5 Å². The van der Waals surface area contributed by atoms with Crippen molar-refractivity contribution in [2.75, 3.05) is 0 Å². The van der Waals surface area contributed by atoms with E-state index in [-0.39, 0.29) is 0 Å². The van der Waals surface area contributed by atoms with Crippen molar-refractivity contribution in [1.82, 2.24) is 0 Å². The third-order valence-corrected chi connectivity index (χ3v) is 2.84. The maximum Gasteiger partial charge on any atom is -0.0324 e. The lowest BCUT2D eigenvalue weighted by Crippen LogP contribution is -2.21. The Labute approximate surface area is 57.6 Å². The summed E-state index contributed by atoms with van der Waals surface area (Å²) in [4.78, 5) is 0. The van der Waals surface area contributed by atoms with Crippen molar-refractivity contribution in [3.8, 4) is 0 Å². The largest absolute Gasteiger partial charge is 0.0528 e. The molecule has 2 bridgehead atoms. The lowest BCUT2D eigenvalue weighted by atomic mass is 9.72. The molecule has 2 rings (SSSR count). The molecule has 0 amide bonds. The molecule has 9 heavy (non-hydrogen) atoms. The van der Waals surface area contributed by atoms with Gasteiger partial charge in [0.2, 0.25) is 0 Å². The highest BCUT2D eigenvalue weighted by Crippen LogP contribution is 2.38. The summed E-state index contributed by atoms with van der Waals surface area (Å²) in [7, 11) is 0. The number of fused-ring (bicyclic) bond motifs is 2. The van der Waals surface area contributed by atoms with Crippen LogP contribution in [0, 0.1) is 18.3 Å². The molecule has 0 aromatic rings. The highest BCUT2D eigenvalue weighted by molar-refractivity contribution is 4.91. The summed E-state index contributed by atoms with van der Waals surface area (Å²) >= 11 is 0. The van der Waals surface area contributed by atoms with Crippen molar-refractivity contribution in [1.29, 1.82) is 0 Å². The SMILES string of the molecule is [CH]1C2CCCC1CCC2. The third-order valence-electron chi connectivity index (χ3n) is 2.84. The van der Waals surface area contributed by atoms with Gasteiger partial charge >= 0.3 is 0 Å². The maximum absolute atomic E-state index is 2.62. The molecule has 0 unspecified atom stereocenters. The quantitative estimate of drug-likeness (QED) is 0.464. The maximum atomic E-state index is 2.62. The molecule has 51 valence electrons. The van der Waals surface area contributed by atoms with Crippen LogP contribution in [0.15, 0.2) is 0 Å². The second-order valence-electron chi connectivity index (χ2n) is 3.57. The third kappa shape index (κ3) is 1.12. The Morgan fingerprint density at radius 3 is 1.56 bits per heavy atom. The van der Waals surface area contributed by atoms with Gasteiger partial charge in [-0.2, -0.15) is 0 Å². The van der Waals surface area contributed by atoms with E-state index in [1.807, 2.05) is 0 Å². The molecule has 2 aliphatic rings. The Kier molecular flexibility index (Phi) is 1.48. The second-order valence-corrected chi connectivity index (χ2v) is 3.57. The van der Waals surface area contributed by atoms with E-state index in [1.54, 1.807) is 0 Å². The van der Waals surface area contributed by atoms with Crippen molar-refractivity contribution in [2.24, 2.45) is 11.8 Å². The topological polar surface area (TPSA) is 0 Å². The predicted octanol–water partition coefficient (Wildman–Crippen LogP) is 2.79. The first-order valence-electron chi connectivity index (χ1n) is 4.30. The minimum absolute atomic E-state index is 1.03. The van der Waals surface area contributed by atoms with Crippen LogP contribution < -0.4 is 0 Å². The Bertz CT molecular complexity index is 76.2. The van der Waals surface area contributed by atoms with E-state index in [4.69, 9.17) is 0 Å². The average Bonchev–Trinajstić information content (AvgIpc) is 1.88. The summed E-state index contributed by atoms with van der Waals surface area (Å²) in [5.41, 5.74) is 0. The lowest BCUT2D eigenvalue weighted by Gasteiger charge is -2.33. The van der Waals surface area contributed by atoms with E-state index < -0.39 is 0 Å². The van der Waals surface area contributed by atoms with Gasteiger partial charge in [-0.15, -0.1) is 0 Å². The highest BCUT2D eigenvalue weighted by atomic mass is 14.3. The minimum Gasteiger partial charge on any atom is -0.0528 e. The molecule has 0 aliphatic heterocycles. The zero-order valence-corrected chi connectivity index (χ0v) is 5.97. The van der Waals surface area contributed by atoms with Crippen LogP contribution in [0.1, 0.15) is 38.5 Å². The monoisotopic (exact) mass is 123 g/mol. The Morgan fingerprint density at radius 1 is 0.778 bits per heavy atom. The molecular formula is C9H15. The molecule has 0 heterocycles. The first kappa shape index (κ1) is 5.76. The molecule has 2 saturated carbocycles. The molecule has 2 aliphatic carbocycles. The molecule has 0 N–H and O–H groups in total. The normalized spacial score (nSPS) is 42.7. The number of hydrogen-bond donors (Lipinski definition) is 0. The van der Waals surface area contributed by atoms with Crippen LogP contribution in [-0.4, -0.2) is 0 Å². The van der Waals surface area contributed by atoms with Gasteiger partial charge in [0.05, 0.1) is 0 Å². The summed E-state index contributed by atoms with van der Waals surface area (Å²) in [6, 6.07) is 0. The summed E-state index contributed by atoms with van der Waals surface area (Å²) in [5.74, 6) is 2.05. The molecule has 2 fully saturated rings. The Balaban J connectivity index is 1.96. The number of hydrogen-bond acceptors (Lipinski definition) is 0. The molecule has 0 aromatic carbocycles. The van der Waals surface area contributed by atoms with Crippen LogP contribution in [0.3, 0.4) is 0 Å². The molecule has 0 aromatic heterocycles. The second kappa shape index (κ2) is 2.32. The number of rotatable bonds is 0. The fraction of sp³-hybridized carbons (Fsp3) is 0.889. The van der Waals surface area contributed by atoms with Crippen LogP contribution in [0.2, 0.25) is 0 Å². The van der Waals surface area contributed by atoms with E-state index in [9.17, 15) is 0 Å². The van der Waals surface area contributed by atoms with Crippen LogP contribution >= 0.6 is 0 Å². The first-order chi connectivity index (χ1) is 4.45. The average molecular weight is 123 g/mol. The van der Waals surface area contributed by atoms with Gasteiger partial charge in [-0.3, -0.25) is 0 Å². The molecule has 1 radical (unpaired) electrons. The first-order valence-corrected chi connectivity index (χ1v) is 4.30. The fourth-order valence-electron chi connectivity index (χ4n) is 2.34. The molecule has 0 spiro atoms. The van der Waals surface area contributed by atoms with Gasteiger partial charge in [-0.25, -0.2) is 0 Å². The van der Waals surface area contributed by atoms with Crippen molar-refractivity contribution < 1.29 is 0 Å². The Hall–Kier alpha value is 0. The molecular weight excluding hydrogens is 108 g/mol. The van der Waals surface area contributed by atoms with Crippen molar-refractivity contribution >= 4 is 0 Å². The summed E-state index contributed by atoms with van der Waals surface area (Å²) in [6.07, 6.45) is 11.6. The zero-order chi connectivity index (χ0) is 6.10. The van der Waals surface area contributed by atoms with Gasteiger partial charge in [0.15, 0.2) is 0 Å². The van der Waals surface area contributed by atoms with E-state index in [1.165, 1.54) is 38.5 Å². The van der Waals surface area contributed by atoms with E-state index in [0.717, 1.165) is 11.8 Å². The molecule has 0 atom stereocenters. The summed E-state index contributed by atoms with van der Waals surface area (Å²) in [5, 5.41) is 0. The van der Waals surface area contributed by atoms with Gasteiger partial charge in [0.1, 0.15) is 0 Å². The molecule has 0 heteroatoms. The van der Waals surface area contributed by atoms with Gasteiger partial charge in [0, 0.05) is 0 Å². The predicted molar refractivity (Wildman–Crippen MR) is 39.0 cm³/mol. The lowest BCUT2D eigenvalue weighted by molar-refractivity contribution is 0.269. The van der Waals surface area contributed by atoms with Crippen LogP contribution in [0.25, 0.3) is 0 Å². The van der Waals surface area contributed by atoms with Crippen molar-refractivity contribution in [3.63, 3.8) is 0 Å². The van der Waals surface area contributed by atoms with Crippen molar-refractivity contribution in [3.05, 3.63) is 6.42 Å². The fourth-order valence-corrected chi connectivity index (χ4v) is 2.34. The van der Waals surface area contributed by atoms with Crippen LogP contribution in [0.4, 0.5) is 0 Å².